The maximum atomic E-state index is 12.1. The van der Waals surface area contributed by atoms with Crippen molar-refractivity contribution in [3.8, 4) is 0 Å². The van der Waals surface area contributed by atoms with Crippen LogP contribution in [0, 0.1) is 0 Å². The summed E-state index contributed by atoms with van der Waals surface area (Å²) < 4.78 is 31.8. The number of benzene rings is 1. The van der Waals surface area contributed by atoms with Crippen LogP contribution in [0.2, 0.25) is 5.02 Å². The minimum atomic E-state index is -3.71. The molecule has 1 aliphatic rings. The first-order valence-electron chi connectivity index (χ1n) is 5.97. The monoisotopic (exact) mass is 305 g/mol. The van der Waals surface area contributed by atoms with Crippen molar-refractivity contribution in [1.29, 1.82) is 0 Å². The number of hydrogen-bond acceptors (Lipinski definition) is 4. The lowest BCUT2D eigenvalue weighted by atomic mass is 9.95. The Labute approximate surface area is 117 Å². The molecular weight excluding hydrogens is 290 g/mol. The average Bonchev–Trinajstić information content (AvgIpc) is 2.38. The molecule has 5 nitrogen and oxygen atoms in total. The third kappa shape index (κ3) is 3.67. The number of hydrogen-bond donors (Lipinski definition) is 2. The highest BCUT2D eigenvalue weighted by molar-refractivity contribution is 7.89. The van der Waals surface area contributed by atoms with Crippen molar-refractivity contribution in [3.05, 3.63) is 29.3 Å². The highest BCUT2D eigenvalue weighted by Gasteiger charge is 2.31. The summed E-state index contributed by atoms with van der Waals surface area (Å²) in [5, 5.41) is 10.4. The Morgan fingerprint density at radius 2 is 1.95 bits per heavy atom. The van der Waals surface area contributed by atoms with Gasteiger partial charge in [-0.3, -0.25) is 0 Å². The molecule has 0 radical (unpaired) electrons. The van der Waals surface area contributed by atoms with Gasteiger partial charge in [0.15, 0.2) is 0 Å². The Morgan fingerprint density at radius 3 is 2.58 bits per heavy atom. The Morgan fingerprint density at radius 1 is 1.32 bits per heavy atom. The molecule has 1 aromatic rings. The Hall–Kier alpha value is -0.660. The Bertz CT molecular complexity index is 540. The smallest absolute Gasteiger partial charge is 0.242 e. The predicted octanol–water partition coefficient (Wildman–Crippen LogP) is 1.16. The van der Waals surface area contributed by atoms with E-state index < -0.39 is 15.6 Å². The van der Waals surface area contributed by atoms with Gasteiger partial charge in [0, 0.05) is 32.6 Å². The van der Waals surface area contributed by atoms with Crippen LogP contribution in [0.15, 0.2) is 29.2 Å². The molecule has 2 rings (SSSR count). The molecule has 7 heteroatoms. The molecule has 1 saturated heterocycles. The van der Waals surface area contributed by atoms with E-state index in [0.717, 1.165) is 0 Å². The van der Waals surface area contributed by atoms with Gasteiger partial charge in [-0.2, -0.15) is 0 Å². The van der Waals surface area contributed by atoms with E-state index in [4.69, 9.17) is 16.3 Å². The summed E-state index contributed by atoms with van der Waals surface area (Å²) in [7, 11) is -3.71. The highest BCUT2D eigenvalue weighted by Crippen LogP contribution is 2.23. The lowest BCUT2D eigenvalue weighted by molar-refractivity contribution is -0.0588. The van der Waals surface area contributed by atoms with E-state index >= 15 is 0 Å². The van der Waals surface area contributed by atoms with Gasteiger partial charge in [-0.15, -0.1) is 0 Å². The summed E-state index contributed by atoms with van der Waals surface area (Å²) >= 11 is 5.86. The molecule has 0 bridgehead atoms. The van der Waals surface area contributed by atoms with Gasteiger partial charge in [0.25, 0.3) is 0 Å². The molecule has 0 amide bonds. The van der Waals surface area contributed by atoms with Crippen LogP contribution in [0.3, 0.4) is 0 Å². The third-order valence-electron chi connectivity index (χ3n) is 3.14. The van der Waals surface area contributed by atoms with Crippen molar-refractivity contribution in [2.24, 2.45) is 0 Å². The molecule has 0 atom stereocenters. The lowest BCUT2D eigenvalue weighted by Crippen LogP contribution is -2.46. The quantitative estimate of drug-likeness (QED) is 0.875. The van der Waals surface area contributed by atoms with E-state index in [1.165, 1.54) is 12.1 Å². The molecule has 19 heavy (non-hydrogen) atoms. The van der Waals surface area contributed by atoms with Crippen molar-refractivity contribution < 1.29 is 18.3 Å². The second-order valence-corrected chi connectivity index (χ2v) is 6.73. The number of ether oxygens (including phenoxy) is 1. The Balaban J connectivity index is 2.08. The topological polar surface area (TPSA) is 75.6 Å². The fraction of sp³-hybridized carbons (Fsp3) is 0.500. The highest BCUT2D eigenvalue weighted by atomic mass is 35.5. The number of sulfonamides is 1. The molecule has 2 N–H and O–H groups in total. The Kier molecular flexibility index (Phi) is 4.47. The molecule has 1 fully saturated rings. The van der Waals surface area contributed by atoms with Crippen LogP contribution >= 0.6 is 11.6 Å². The number of aliphatic hydroxyl groups is 1. The van der Waals surface area contributed by atoms with Gasteiger partial charge in [0.2, 0.25) is 10.0 Å². The van der Waals surface area contributed by atoms with Crippen LogP contribution in [-0.4, -0.2) is 38.9 Å². The molecule has 0 aliphatic carbocycles. The van der Waals surface area contributed by atoms with E-state index in [-0.39, 0.29) is 16.5 Å². The van der Waals surface area contributed by atoms with Crippen LogP contribution < -0.4 is 4.72 Å². The minimum Gasteiger partial charge on any atom is -0.388 e. The van der Waals surface area contributed by atoms with Gasteiger partial charge in [0.05, 0.1) is 10.6 Å². The van der Waals surface area contributed by atoms with Crippen molar-refractivity contribution >= 4 is 21.6 Å². The van der Waals surface area contributed by atoms with Crippen LogP contribution in [0.1, 0.15) is 12.8 Å². The molecule has 1 heterocycles. The normalized spacial score (nSPS) is 19.3. The van der Waals surface area contributed by atoms with E-state index in [1.54, 1.807) is 12.1 Å². The molecule has 0 saturated carbocycles. The van der Waals surface area contributed by atoms with Crippen LogP contribution in [0.25, 0.3) is 0 Å². The number of halogens is 1. The fourth-order valence-corrected chi connectivity index (χ4v) is 3.54. The van der Waals surface area contributed by atoms with E-state index in [1.807, 2.05) is 0 Å². The standard InChI is InChI=1S/C12H16ClNO4S/c13-10-3-1-2-4-11(10)19(16,17)14-9-12(15)5-7-18-8-6-12/h1-4,14-15H,5-9H2. The number of rotatable bonds is 4. The molecule has 1 aliphatic heterocycles. The van der Waals surface area contributed by atoms with Crippen LogP contribution in [0.4, 0.5) is 0 Å². The summed E-state index contributed by atoms with van der Waals surface area (Å²) in [5.74, 6) is 0. The molecule has 0 aromatic heterocycles. The molecular formula is C12H16ClNO4S. The summed E-state index contributed by atoms with van der Waals surface area (Å²) in [6.07, 6.45) is 0.829. The zero-order valence-electron chi connectivity index (χ0n) is 10.3. The predicted molar refractivity (Wildman–Crippen MR) is 71.6 cm³/mol. The van der Waals surface area contributed by atoms with Gasteiger partial charge in [-0.25, -0.2) is 13.1 Å². The van der Waals surface area contributed by atoms with Gasteiger partial charge >= 0.3 is 0 Å². The first kappa shape index (κ1) is 14.7. The molecule has 0 spiro atoms. The second kappa shape index (κ2) is 5.76. The second-order valence-electron chi connectivity index (χ2n) is 4.59. The first-order chi connectivity index (χ1) is 8.93. The maximum absolute atomic E-state index is 12.1. The van der Waals surface area contributed by atoms with Gasteiger partial charge in [-0.05, 0) is 12.1 Å². The van der Waals surface area contributed by atoms with Crippen molar-refractivity contribution in [2.45, 2.75) is 23.3 Å². The molecule has 1 aromatic carbocycles. The van der Waals surface area contributed by atoms with Gasteiger partial charge in [-0.1, -0.05) is 23.7 Å². The first-order valence-corrected chi connectivity index (χ1v) is 7.83. The largest absolute Gasteiger partial charge is 0.388 e. The fourth-order valence-electron chi connectivity index (χ4n) is 1.90. The minimum absolute atomic E-state index is 0.0207. The zero-order valence-corrected chi connectivity index (χ0v) is 11.9. The van der Waals surface area contributed by atoms with Crippen molar-refractivity contribution in [1.82, 2.24) is 4.72 Å². The molecule has 106 valence electrons. The average molecular weight is 306 g/mol. The maximum Gasteiger partial charge on any atom is 0.242 e. The summed E-state index contributed by atoms with van der Waals surface area (Å²) in [6, 6.07) is 6.20. The van der Waals surface area contributed by atoms with Crippen molar-refractivity contribution in [2.75, 3.05) is 19.8 Å². The summed E-state index contributed by atoms with van der Waals surface area (Å²) in [5.41, 5.74) is -1.05. The lowest BCUT2D eigenvalue weighted by Gasteiger charge is -2.32. The van der Waals surface area contributed by atoms with E-state index in [2.05, 4.69) is 4.72 Å². The van der Waals surface area contributed by atoms with E-state index in [9.17, 15) is 13.5 Å². The summed E-state index contributed by atoms with van der Waals surface area (Å²) in [4.78, 5) is 0.0207. The third-order valence-corrected chi connectivity index (χ3v) is 5.04. The van der Waals surface area contributed by atoms with Gasteiger partial charge in [0.1, 0.15) is 4.90 Å². The molecule has 0 unspecified atom stereocenters. The zero-order chi connectivity index (χ0) is 13.9. The van der Waals surface area contributed by atoms with E-state index in [0.29, 0.717) is 26.1 Å². The SMILES string of the molecule is O=S(=O)(NCC1(O)CCOCC1)c1ccccc1Cl. The van der Waals surface area contributed by atoms with Gasteiger partial charge < -0.3 is 9.84 Å². The summed E-state index contributed by atoms with van der Waals surface area (Å²) in [6.45, 7) is 0.832. The van der Waals surface area contributed by atoms with Crippen LogP contribution in [-0.2, 0) is 14.8 Å². The number of nitrogens with one attached hydrogen (secondary N) is 1. The van der Waals surface area contributed by atoms with Crippen molar-refractivity contribution in [3.63, 3.8) is 0 Å². The van der Waals surface area contributed by atoms with Crippen LogP contribution in [0.5, 0.6) is 0 Å².